The second-order valence-corrected chi connectivity index (χ2v) is 8.85. The zero-order chi connectivity index (χ0) is 23.4. The number of hydrogen-bond acceptors (Lipinski definition) is 7. The maximum atomic E-state index is 14.8. The molecule has 1 saturated heterocycles. The van der Waals surface area contributed by atoms with Crippen molar-refractivity contribution in [3.63, 3.8) is 0 Å². The molecule has 4 aromatic rings. The van der Waals surface area contributed by atoms with E-state index in [0.717, 1.165) is 18.8 Å². The Morgan fingerprint density at radius 3 is 2.61 bits per heavy atom. The number of nitrogens with zero attached hydrogens (tertiary/aromatic N) is 5. The average molecular weight is 449 g/mol. The Bertz CT molecular complexity index is 1410. The Labute approximate surface area is 190 Å². The number of hydrogen-bond donors (Lipinski definition) is 2. The van der Waals surface area contributed by atoms with Gasteiger partial charge in [0, 0.05) is 61.8 Å². The van der Waals surface area contributed by atoms with E-state index in [0.29, 0.717) is 28.4 Å². The van der Waals surface area contributed by atoms with Crippen LogP contribution in [0.2, 0.25) is 0 Å². The summed E-state index contributed by atoms with van der Waals surface area (Å²) in [6.07, 6.45) is 1.65. The van der Waals surface area contributed by atoms with Crippen LogP contribution in [0.25, 0.3) is 33.2 Å². The molecule has 0 radical (unpaired) electrons. The number of nitrogens with one attached hydrogen (secondary N) is 1. The van der Waals surface area contributed by atoms with Crippen LogP contribution in [0.1, 0.15) is 31.3 Å². The fourth-order valence-electron chi connectivity index (χ4n) is 4.65. The van der Waals surface area contributed by atoms with Crippen LogP contribution in [-0.2, 0) is 7.05 Å². The van der Waals surface area contributed by atoms with Crippen LogP contribution in [0.3, 0.4) is 0 Å². The van der Waals surface area contributed by atoms with E-state index in [1.54, 1.807) is 19.3 Å². The highest BCUT2D eigenvalue weighted by Crippen LogP contribution is 2.36. The minimum Gasteiger partial charge on any atom is -0.504 e. The van der Waals surface area contributed by atoms with Gasteiger partial charge in [-0.3, -0.25) is 9.48 Å². The molecule has 1 fully saturated rings. The number of rotatable bonds is 3. The normalized spacial score (nSPS) is 18.9. The van der Waals surface area contributed by atoms with Gasteiger partial charge in [-0.05, 0) is 38.1 Å². The van der Waals surface area contributed by atoms with Crippen molar-refractivity contribution in [2.75, 3.05) is 18.0 Å². The number of benzene rings is 2. The quantitative estimate of drug-likeness (QED) is 0.464. The minimum atomic E-state index is -0.839. The molecule has 0 amide bonds. The number of phenols is 1. The van der Waals surface area contributed by atoms with Crippen molar-refractivity contribution in [3.8, 4) is 17.1 Å². The van der Waals surface area contributed by atoms with E-state index >= 15 is 0 Å². The lowest BCUT2D eigenvalue weighted by Gasteiger charge is -2.37. The molecule has 9 heteroatoms. The van der Waals surface area contributed by atoms with Crippen molar-refractivity contribution in [1.29, 1.82) is 0 Å². The predicted molar refractivity (Wildman–Crippen MR) is 125 cm³/mol. The summed E-state index contributed by atoms with van der Waals surface area (Å²) >= 11 is 0. The Balaban J connectivity index is 1.66. The Kier molecular flexibility index (Phi) is 5.01. The molecule has 8 nitrogen and oxygen atoms in total. The second kappa shape index (κ2) is 7.77. The molecule has 2 aromatic heterocycles. The van der Waals surface area contributed by atoms with Gasteiger partial charge < -0.3 is 15.3 Å². The van der Waals surface area contributed by atoms with Gasteiger partial charge in [0.2, 0.25) is 0 Å². The fraction of sp³-hybridized carbons (Fsp3) is 0.333. The first kappa shape index (κ1) is 21.3. The highest BCUT2D eigenvalue weighted by molar-refractivity contribution is 6.06. The average Bonchev–Trinajstić information content (AvgIpc) is 3.15. The molecule has 2 atom stereocenters. The van der Waals surface area contributed by atoms with Gasteiger partial charge in [0.25, 0.3) is 0 Å². The molecule has 0 aliphatic carbocycles. The van der Waals surface area contributed by atoms with Crippen molar-refractivity contribution >= 4 is 33.3 Å². The van der Waals surface area contributed by atoms with Gasteiger partial charge in [-0.25, -0.2) is 14.4 Å². The number of ketones is 1. The van der Waals surface area contributed by atoms with E-state index in [9.17, 15) is 14.3 Å². The van der Waals surface area contributed by atoms with Gasteiger partial charge in [-0.15, -0.1) is 0 Å². The van der Waals surface area contributed by atoms with Crippen molar-refractivity contribution < 1.29 is 14.3 Å². The smallest absolute Gasteiger partial charge is 0.193 e. The first-order valence-electron chi connectivity index (χ1n) is 10.9. The van der Waals surface area contributed by atoms with Crippen molar-refractivity contribution in [1.82, 2.24) is 25.1 Å². The molecule has 1 aliphatic rings. The van der Waals surface area contributed by atoms with E-state index in [2.05, 4.69) is 39.1 Å². The number of aryl methyl sites for hydroxylation is 1. The highest BCUT2D eigenvalue weighted by atomic mass is 19.1. The number of fused-ring (bicyclic) bond motifs is 2. The number of carbonyl (C=O) groups is 1. The van der Waals surface area contributed by atoms with Gasteiger partial charge in [-0.1, -0.05) is 0 Å². The van der Waals surface area contributed by atoms with E-state index in [-0.39, 0.29) is 28.4 Å². The number of aromatic nitrogens is 4. The van der Waals surface area contributed by atoms with Gasteiger partial charge >= 0.3 is 0 Å². The second-order valence-electron chi connectivity index (χ2n) is 8.85. The summed E-state index contributed by atoms with van der Waals surface area (Å²) in [6.45, 7) is 7.43. The summed E-state index contributed by atoms with van der Waals surface area (Å²) in [5.74, 6) is -1.57. The summed E-state index contributed by atoms with van der Waals surface area (Å²) < 4.78 is 16.3. The maximum Gasteiger partial charge on any atom is 0.193 e. The molecular formula is C24H25FN6O2. The van der Waals surface area contributed by atoms with Crippen LogP contribution in [0.5, 0.6) is 5.75 Å². The van der Waals surface area contributed by atoms with E-state index in [1.807, 2.05) is 18.2 Å². The molecule has 2 aromatic carbocycles. The number of anilines is 1. The molecule has 0 bridgehead atoms. The molecule has 33 heavy (non-hydrogen) atoms. The first-order valence-corrected chi connectivity index (χ1v) is 10.9. The minimum absolute atomic E-state index is 0.0652. The lowest BCUT2D eigenvalue weighted by Crippen LogP contribution is -2.54. The zero-order valence-corrected chi connectivity index (χ0v) is 18.9. The molecule has 1 aliphatic heterocycles. The predicted octanol–water partition coefficient (Wildman–Crippen LogP) is 3.42. The lowest BCUT2D eigenvalue weighted by atomic mass is 10.1. The summed E-state index contributed by atoms with van der Waals surface area (Å²) in [5, 5.41) is 19.2. The van der Waals surface area contributed by atoms with Crippen LogP contribution in [0.15, 0.2) is 30.5 Å². The largest absolute Gasteiger partial charge is 0.504 e. The molecule has 0 spiro atoms. The number of halogens is 1. The molecule has 0 unspecified atom stereocenters. The van der Waals surface area contributed by atoms with Crippen LogP contribution < -0.4 is 10.2 Å². The summed E-state index contributed by atoms with van der Waals surface area (Å²) in [5.41, 5.74) is 1.96. The lowest BCUT2D eigenvalue weighted by molar-refractivity contribution is 0.101. The first-order chi connectivity index (χ1) is 15.7. The number of Topliss-reactive ketones (excluding diaryl/α,β-unsaturated/α-hetero) is 1. The van der Waals surface area contributed by atoms with Gasteiger partial charge in [0.15, 0.2) is 23.2 Å². The van der Waals surface area contributed by atoms with E-state index < -0.39 is 11.6 Å². The van der Waals surface area contributed by atoms with Crippen LogP contribution in [0, 0.1) is 5.82 Å². The summed E-state index contributed by atoms with van der Waals surface area (Å²) in [4.78, 5) is 23.8. The topological polar surface area (TPSA) is 96.2 Å². The Morgan fingerprint density at radius 2 is 1.91 bits per heavy atom. The van der Waals surface area contributed by atoms with Crippen LogP contribution in [0.4, 0.5) is 10.1 Å². The summed E-state index contributed by atoms with van der Waals surface area (Å²) in [7, 11) is 1.67. The monoisotopic (exact) mass is 448 g/mol. The molecular weight excluding hydrogens is 423 g/mol. The maximum absolute atomic E-state index is 14.8. The highest BCUT2D eigenvalue weighted by Gasteiger charge is 2.24. The van der Waals surface area contributed by atoms with Crippen LogP contribution >= 0.6 is 0 Å². The van der Waals surface area contributed by atoms with Crippen LogP contribution in [-0.4, -0.2) is 55.8 Å². The van der Waals surface area contributed by atoms with Crippen molar-refractivity contribution in [2.45, 2.75) is 32.9 Å². The molecule has 2 N–H and O–H groups in total. The number of phenolic OH excluding ortho intramolecular Hbond substituents is 1. The SMILES string of the molecule is CC(=O)c1nc(-c2cc3cn(C)nc3c(F)c2O)nc2ccc(N3C[C@@H](C)N[C@H](C)C3)cc12. The van der Waals surface area contributed by atoms with Crippen molar-refractivity contribution in [2.24, 2.45) is 7.05 Å². The standard InChI is InChI=1S/C24H25FN6O2/c1-12-9-31(10-13(2)26-12)16-5-6-19-17(8-16)21(14(3)32)28-24(27-19)18-7-15-11-30(4)29-22(15)20(25)23(18)33/h5-8,11-13,26,33H,9-10H2,1-4H3/t12-,13-/m1/s1. The van der Waals surface area contributed by atoms with E-state index in [1.165, 1.54) is 11.6 Å². The number of carbonyl (C=O) groups excluding carboxylic acids is 1. The third-order valence-electron chi connectivity index (χ3n) is 6.00. The third kappa shape index (κ3) is 3.68. The number of aromatic hydroxyl groups is 1. The molecule has 5 rings (SSSR count). The molecule has 3 heterocycles. The van der Waals surface area contributed by atoms with Gasteiger partial charge in [0.05, 0.1) is 11.1 Å². The Morgan fingerprint density at radius 1 is 1.18 bits per heavy atom. The molecule has 170 valence electrons. The number of piperazine rings is 1. The third-order valence-corrected chi connectivity index (χ3v) is 6.00. The Hall–Kier alpha value is -3.59. The summed E-state index contributed by atoms with van der Waals surface area (Å²) in [6, 6.07) is 8.02. The molecule has 0 saturated carbocycles. The zero-order valence-electron chi connectivity index (χ0n) is 18.9. The van der Waals surface area contributed by atoms with Gasteiger partial charge in [0.1, 0.15) is 11.2 Å². The van der Waals surface area contributed by atoms with Gasteiger partial charge in [-0.2, -0.15) is 5.10 Å². The van der Waals surface area contributed by atoms with E-state index in [4.69, 9.17) is 0 Å². The van der Waals surface area contributed by atoms with Crippen molar-refractivity contribution in [3.05, 3.63) is 42.0 Å². The fourth-order valence-corrected chi connectivity index (χ4v) is 4.65.